The number of anilines is 1. The molecule has 1 N–H and O–H groups in total. The second-order valence-corrected chi connectivity index (χ2v) is 5.54. The number of halogens is 6. The van der Waals surface area contributed by atoms with E-state index < -0.39 is 41.0 Å². The van der Waals surface area contributed by atoms with Gasteiger partial charge in [0.25, 0.3) is 0 Å². The number of benzene rings is 1. The molecule has 0 radical (unpaired) electrons. The van der Waals surface area contributed by atoms with Crippen LogP contribution in [0.1, 0.15) is 11.3 Å². The zero-order valence-corrected chi connectivity index (χ0v) is 13.0. The van der Waals surface area contributed by atoms with E-state index in [1.165, 1.54) is 12.1 Å². The van der Waals surface area contributed by atoms with Crippen molar-refractivity contribution in [2.45, 2.75) is 17.5 Å². The minimum Gasteiger partial charge on any atom is -0.325 e. The molecule has 0 saturated carbocycles. The van der Waals surface area contributed by atoms with Gasteiger partial charge in [0.15, 0.2) is 5.16 Å². The molecular weight excluding hydrogens is 372 g/mol. The number of thioether (sulfide) groups is 1. The summed E-state index contributed by atoms with van der Waals surface area (Å²) in [5.41, 5.74) is -2.64. The van der Waals surface area contributed by atoms with Crippen LogP contribution in [0.2, 0.25) is 0 Å². The van der Waals surface area contributed by atoms with Gasteiger partial charge < -0.3 is 5.32 Å². The monoisotopic (exact) mass is 381 g/mol. The molecule has 0 aliphatic carbocycles. The van der Waals surface area contributed by atoms with Gasteiger partial charge in [-0.05, 0) is 18.2 Å². The van der Waals surface area contributed by atoms with Gasteiger partial charge in [0.2, 0.25) is 5.91 Å². The normalized spacial score (nSPS) is 12.1. The van der Waals surface area contributed by atoms with Gasteiger partial charge in [-0.1, -0.05) is 23.9 Å². The smallest absolute Gasteiger partial charge is 0.325 e. The van der Waals surface area contributed by atoms with Crippen LogP contribution >= 0.6 is 11.8 Å². The van der Waals surface area contributed by atoms with E-state index in [9.17, 15) is 31.1 Å². The van der Waals surface area contributed by atoms with Crippen molar-refractivity contribution in [1.29, 1.82) is 0 Å². The lowest BCUT2D eigenvalue weighted by atomic mass is 10.1. The van der Waals surface area contributed by atoms with Crippen molar-refractivity contribution in [3.8, 4) is 0 Å². The predicted octanol–water partition coefficient (Wildman–Crippen LogP) is 4.25. The van der Waals surface area contributed by atoms with Crippen molar-refractivity contribution in [1.82, 2.24) is 9.97 Å². The minimum atomic E-state index is -4.66. The fourth-order valence-corrected chi connectivity index (χ4v) is 2.35. The first kappa shape index (κ1) is 19.0. The Labute approximate surface area is 141 Å². The molecule has 1 heterocycles. The van der Waals surface area contributed by atoms with Crippen molar-refractivity contribution >= 4 is 23.4 Å². The number of carbonyl (C=O) groups is 1. The van der Waals surface area contributed by atoms with Gasteiger partial charge in [0.05, 0.1) is 17.0 Å². The second-order valence-electron chi connectivity index (χ2n) is 4.60. The molecule has 0 saturated heterocycles. The lowest BCUT2D eigenvalue weighted by Gasteiger charge is -2.13. The van der Waals surface area contributed by atoms with Crippen LogP contribution in [0.15, 0.2) is 41.7 Å². The molecule has 1 aromatic heterocycles. The van der Waals surface area contributed by atoms with Crippen LogP contribution in [-0.4, -0.2) is 21.6 Å². The molecule has 1 amide bonds. The fraction of sp³-hybridized carbons (Fsp3) is 0.214. The van der Waals surface area contributed by atoms with Crippen LogP contribution in [0.4, 0.5) is 32.0 Å². The number of alkyl halides is 6. The van der Waals surface area contributed by atoms with Crippen LogP contribution in [0.25, 0.3) is 0 Å². The minimum absolute atomic E-state index is 0.311. The van der Waals surface area contributed by atoms with E-state index in [1.807, 2.05) is 0 Å². The van der Waals surface area contributed by atoms with Crippen LogP contribution in [0.3, 0.4) is 0 Å². The van der Waals surface area contributed by atoms with Crippen molar-refractivity contribution < 1.29 is 31.1 Å². The molecule has 0 aliphatic rings. The third-order valence-electron chi connectivity index (χ3n) is 2.76. The lowest BCUT2D eigenvalue weighted by Crippen LogP contribution is -2.18. The summed E-state index contributed by atoms with van der Waals surface area (Å²) < 4.78 is 76.0. The summed E-state index contributed by atoms with van der Waals surface area (Å²) in [4.78, 5) is 18.6. The molecule has 0 spiro atoms. The molecule has 11 heteroatoms. The number of nitrogens with one attached hydrogen (secondary N) is 1. The Morgan fingerprint density at radius 3 is 2.36 bits per heavy atom. The molecule has 1 aromatic carbocycles. The molecule has 0 fully saturated rings. The molecule has 4 nitrogen and oxygen atoms in total. The molecule has 0 bridgehead atoms. The quantitative estimate of drug-likeness (QED) is 0.489. The molecule has 25 heavy (non-hydrogen) atoms. The van der Waals surface area contributed by atoms with E-state index in [0.717, 1.165) is 18.3 Å². The van der Waals surface area contributed by atoms with E-state index in [0.29, 0.717) is 17.8 Å². The Kier molecular flexibility index (Phi) is 5.55. The highest BCUT2D eigenvalue weighted by Gasteiger charge is 2.34. The van der Waals surface area contributed by atoms with Gasteiger partial charge in [-0.2, -0.15) is 26.3 Å². The topological polar surface area (TPSA) is 54.9 Å². The van der Waals surface area contributed by atoms with Crippen molar-refractivity contribution in [2.24, 2.45) is 0 Å². The SMILES string of the molecule is O=C(CSc1nccc(C(F)(F)F)n1)Nc1ccccc1C(F)(F)F. The van der Waals surface area contributed by atoms with Gasteiger partial charge in [-0.3, -0.25) is 4.79 Å². The Morgan fingerprint density at radius 2 is 1.72 bits per heavy atom. The van der Waals surface area contributed by atoms with E-state index >= 15 is 0 Å². The predicted molar refractivity (Wildman–Crippen MR) is 77.8 cm³/mol. The zero-order chi connectivity index (χ0) is 18.7. The van der Waals surface area contributed by atoms with Gasteiger partial charge in [0.1, 0.15) is 5.69 Å². The first-order chi connectivity index (χ1) is 11.6. The number of rotatable bonds is 4. The van der Waals surface area contributed by atoms with Crippen LogP contribution in [-0.2, 0) is 17.1 Å². The average Bonchev–Trinajstić information content (AvgIpc) is 2.52. The van der Waals surface area contributed by atoms with Crippen molar-refractivity contribution in [3.05, 3.63) is 47.8 Å². The van der Waals surface area contributed by atoms with E-state index in [4.69, 9.17) is 0 Å². The number of para-hydroxylation sites is 1. The zero-order valence-electron chi connectivity index (χ0n) is 12.1. The molecule has 134 valence electrons. The fourth-order valence-electron chi connectivity index (χ4n) is 1.72. The van der Waals surface area contributed by atoms with E-state index in [2.05, 4.69) is 15.3 Å². The van der Waals surface area contributed by atoms with E-state index in [1.54, 1.807) is 0 Å². The summed E-state index contributed by atoms with van der Waals surface area (Å²) in [7, 11) is 0. The number of carbonyl (C=O) groups excluding carboxylic acids is 1. The average molecular weight is 381 g/mol. The van der Waals surface area contributed by atoms with Gasteiger partial charge in [-0.25, -0.2) is 9.97 Å². The molecule has 0 unspecified atom stereocenters. The summed E-state index contributed by atoms with van der Waals surface area (Å²) in [6.07, 6.45) is -8.43. The summed E-state index contributed by atoms with van der Waals surface area (Å²) in [6, 6.07) is 5.03. The summed E-state index contributed by atoms with van der Waals surface area (Å²) in [6.45, 7) is 0. The van der Waals surface area contributed by atoms with Gasteiger partial charge in [-0.15, -0.1) is 0 Å². The highest BCUT2D eigenvalue weighted by molar-refractivity contribution is 7.99. The number of nitrogens with zero attached hydrogens (tertiary/aromatic N) is 2. The van der Waals surface area contributed by atoms with Gasteiger partial charge in [0, 0.05) is 6.20 Å². The molecule has 2 aromatic rings. The van der Waals surface area contributed by atoms with Crippen LogP contribution in [0, 0.1) is 0 Å². The lowest BCUT2D eigenvalue weighted by molar-refractivity contribution is -0.141. The Balaban J connectivity index is 2.03. The third kappa shape index (κ3) is 5.34. The highest BCUT2D eigenvalue weighted by atomic mass is 32.2. The highest BCUT2D eigenvalue weighted by Crippen LogP contribution is 2.34. The Morgan fingerprint density at radius 1 is 1.04 bits per heavy atom. The second kappa shape index (κ2) is 7.30. The van der Waals surface area contributed by atoms with Crippen LogP contribution < -0.4 is 5.32 Å². The maximum Gasteiger partial charge on any atom is 0.433 e. The third-order valence-corrected chi connectivity index (χ3v) is 3.62. The number of aromatic nitrogens is 2. The number of amides is 1. The number of hydrogen-bond acceptors (Lipinski definition) is 4. The van der Waals surface area contributed by atoms with Gasteiger partial charge >= 0.3 is 12.4 Å². The molecule has 0 aliphatic heterocycles. The van der Waals surface area contributed by atoms with E-state index in [-0.39, 0.29) is 5.16 Å². The standard InChI is InChI=1S/C14H9F6N3OS/c15-13(16,17)8-3-1-2-4-9(8)22-11(24)7-25-12-21-6-5-10(23-12)14(18,19)20/h1-6H,7H2,(H,22,24). The first-order valence-corrected chi connectivity index (χ1v) is 7.55. The maximum atomic E-state index is 12.8. The van der Waals surface area contributed by atoms with Crippen molar-refractivity contribution in [2.75, 3.05) is 11.1 Å². The van der Waals surface area contributed by atoms with Crippen LogP contribution in [0.5, 0.6) is 0 Å². The molecule has 2 rings (SSSR count). The largest absolute Gasteiger partial charge is 0.433 e. The number of hydrogen-bond donors (Lipinski definition) is 1. The summed E-state index contributed by atoms with van der Waals surface area (Å²) >= 11 is 0.576. The Bertz CT molecular complexity index is 763. The molecule has 0 atom stereocenters. The summed E-state index contributed by atoms with van der Waals surface area (Å²) in [5.74, 6) is -1.28. The first-order valence-electron chi connectivity index (χ1n) is 6.56. The maximum absolute atomic E-state index is 12.8. The Hall–Kier alpha value is -2.30. The summed E-state index contributed by atoms with van der Waals surface area (Å²) in [5, 5.41) is 1.76. The molecular formula is C14H9F6N3OS. The van der Waals surface area contributed by atoms with Crippen molar-refractivity contribution in [3.63, 3.8) is 0 Å².